The summed E-state index contributed by atoms with van der Waals surface area (Å²) >= 11 is 0. The van der Waals surface area contributed by atoms with Crippen molar-refractivity contribution in [3.05, 3.63) is 108 Å². The molecule has 1 aliphatic rings. The summed E-state index contributed by atoms with van der Waals surface area (Å²) < 4.78 is 0. The zero-order chi connectivity index (χ0) is 27.6. The van der Waals surface area contributed by atoms with Crippen LogP contribution in [0.1, 0.15) is 52.6 Å². The summed E-state index contributed by atoms with van der Waals surface area (Å²) in [6.45, 7) is 4.80. The number of amides is 3. The second-order valence-electron chi connectivity index (χ2n) is 10.7. The maximum Gasteiger partial charge on any atom is 0.258 e. The summed E-state index contributed by atoms with van der Waals surface area (Å²) in [6, 6.07) is 27.5. The summed E-state index contributed by atoms with van der Waals surface area (Å²) in [5, 5.41) is 7.85. The topological polar surface area (TPSA) is 105 Å². The minimum atomic E-state index is -0.531. The Bertz CT molecular complexity index is 1550. The number of benzene rings is 4. The van der Waals surface area contributed by atoms with E-state index in [2.05, 4.69) is 10.6 Å². The van der Waals surface area contributed by atoms with Crippen LogP contribution in [0.2, 0.25) is 0 Å². The van der Waals surface area contributed by atoms with Crippen molar-refractivity contribution < 1.29 is 14.4 Å². The molecule has 1 aliphatic heterocycles. The minimum Gasteiger partial charge on any atom is -0.351 e. The fourth-order valence-electron chi connectivity index (χ4n) is 4.77. The fraction of sp³-hybridized carbons (Fsp3) is 0.219. The Labute approximate surface area is 228 Å². The van der Waals surface area contributed by atoms with Crippen LogP contribution in [0.4, 0.5) is 11.4 Å². The number of carbonyl (C=O) groups excluding carboxylic acids is 3. The van der Waals surface area contributed by atoms with Crippen molar-refractivity contribution in [3.8, 4) is 0 Å². The predicted molar refractivity (Wildman–Crippen MR) is 155 cm³/mol. The Hall–Kier alpha value is -4.49. The molecule has 3 amide bonds. The van der Waals surface area contributed by atoms with Gasteiger partial charge in [-0.2, -0.15) is 0 Å². The van der Waals surface area contributed by atoms with E-state index in [1.54, 1.807) is 23.1 Å². The van der Waals surface area contributed by atoms with Gasteiger partial charge in [0.05, 0.1) is 23.8 Å². The molecule has 4 N–H and O–H groups in total. The first-order valence-corrected chi connectivity index (χ1v) is 13.1. The number of rotatable bonds is 6. The van der Waals surface area contributed by atoms with Gasteiger partial charge in [0.1, 0.15) is 0 Å². The molecule has 7 heteroatoms. The maximum atomic E-state index is 14.2. The van der Waals surface area contributed by atoms with E-state index >= 15 is 0 Å². The number of nitrogens with zero attached hydrogens (tertiary/aromatic N) is 1. The second kappa shape index (κ2) is 10.7. The molecule has 4 aromatic rings. The largest absolute Gasteiger partial charge is 0.351 e. The monoisotopic (exact) mass is 520 g/mol. The molecule has 0 spiro atoms. The van der Waals surface area contributed by atoms with Gasteiger partial charge in [0.15, 0.2) is 0 Å². The molecular formula is C32H32N4O3. The first kappa shape index (κ1) is 26.1. The molecule has 1 heterocycles. The number of hydrogen-bond donors (Lipinski definition) is 3. The van der Waals surface area contributed by atoms with E-state index in [4.69, 9.17) is 5.73 Å². The van der Waals surface area contributed by atoms with E-state index in [1.165, 1.54) is 0 Å². The lowest BCUT2D eigenvalue weighted by molar-refractivity contribution is -0.116. The average Bonchev–Trinajstić information content (AvgIpc) is 3.11. The molecule has 5 rings (SSSR count). The molecular weight excluding hydrogens is 488 g/mol. The molecule has 4 aromatic carbocycles. The van der Waals surface area contributed by atoms with Crippen LogP contribution < -0.4 is 21.3 Å². The Balaban J connectivity index is 1.57. The quantitative estimate of drug-likeness (QED) is 0.322. The SMILES string of the molecule is CC(C)(CN)CNC(=O)c1ccc2c(c1)NC(=O)CC(c1ccccc1)N2C(=O)c1ccc2ccccc2c1. The van der Waals surface area contributed by atoms with Crippen molar-refractivity contribution in [3.63, 3.8) is 0 Å². The van der Waals surface area contributed by atoms with Crippen LogP contribution in [-0.4, -0.2) is 30.8 Å². The molecule has 0 saturated carbocycles. The third-order valence-corrected chi connectivity index (χ3v) is 7.16. The van der Waals surface area contributed by atoms with Crippen molar-refractivity contribution in [1.82, 2.24) is 5.32 Å². The molecule has 1 unspecified atom stereocenters. The lowest BCUT2D eigenvalue weighted by atomic mass is 9.94. The number of nitrogens with two attached hydrogens (primary N) is 1. The summed E-state index contributed by atoms with van der Waals surface area (Å²) in [4.78, 5) is 42.0. The lowest BCUT2D eigenvalue weighted by Gasteiger charge is -2.31. The number of fused-ring (bicyclic) bond motifs is 2. The smallest absolute Gasteiger partial charge is 0.258 e. The van der Waals surface area contributed by atoms with E-state index in [0.717, 1.165) is 16.3 Å². The second-order valence-corrected chi connectivity index (χ2v) is 10.7. The molecule has 198 valence electrons. The molecule has 0 aromatic heterocycles. The van der Waals surface area contributed by atoms with Crippen LogP contribution in [0.15, 0.2) is 91.0 Å². The summed E-state index contributed by atoms with van der Waals surface area (Å²) in [6.07, 6.45) is 0.0736. The molecule has 39 heavy (non-hydrogen) atoms. The van der Waals surface area contributed by atoms with E-state index in [9.17, 15) is 14.4 Å². The van der Waals surface area contributed by atoms with Gasteiger partial charge < -0.3 is 16.4 Å². The molecule has 0 bridgehead atoms. The van der Waals surface area contributed by atoms with Crippen LogP contribution in [0.25, 0.3) is 10.8 Å². The zero-order valence-corrected chi connectivity index (χ0v) is 22.1. The molecule has 1 atom stereocenters. The number of nitrogens with one attached hydrogen (secondary N) is 2. The Morgan fingerprint density at radius 1 is 0.923 bits per heavy atom. The average molecular weight is 521 g/mol. The third-order valence-electron chi connectivity index (χ3n) is 7.16. The van der Waals surface area contributed by atoms with Crippen molar-refractivity contribution in [2.45, 2.75) is 26.3 Å². The van der Waals surface area contributed by atoms with E-state index in [-0.39, 0.29) is 29.6 Å². The summed E-state index contributed by atoms with van der Waals surface area (Å²) in [5.41, 5.74) is 8.25. The van der Waals surface area contributed by atoms with Gasteiger partial charge in [-0.25, -0.2) is 0 Å². The van der Waals surface area contributed by atoms with Crippen LogP contribution in [0.3, 0.4) is 0 Å². The molecule has 7 nitrogen and oxygen atoms in total. The number of anilines is 2. The highest BCUT2D eigenvalue weighted by atomic mass is 16.2. The third kappa shape index (κ3) is 5.54. The standard InChI is InChI=1S/C32H32N4O3/c1-32(2,19-33)20-34-30(38)24-14-15-27-26(17-24)35-29(37)18-28(22-9-4-3-5-10-22)36(27)31(39)25-13-12-21-8-6-7-11-23(21)16-25/h3-17,28H,18-20,33H2,1-2H3,(H,34,38)(H,35,37). The van der Waals surface area contributed by atoms with Gasteiger partial charge in [-0.05, 0) is 58.6 Å². The van der Waals surface area contributed by atoms with Gasteiger partial charge in [0.25, 0.3) is 11.8 Å². The van der Waals surface area contributed by atoms with E-state index in [1.807, 2.05) is 86.6 Å². The number of hydrogen-bond acceptors (Lipinski definition) is 4. The van der Waals surface area contributed by atoms with Gasteiger partial charge >= 0.3 is 0 Å². The first-order valence-electron chi connectivity index (χ1n) is 13.1. The Morgan fingerprint density at radius 3 is 2.36 bits per heavy atom. The summed E-state index contributed by atoms with van der Waals surface area (Å²) in [5.74, 6) is -0.736. The van der Waals surface area contributed by atoms with Gasteiger partial charge in [-0.15, -0.1) is 0 Å². The summed E-state index contributed by atoms with van der Waals surface area (Å²) in [7, 11) is 0. The normalized spacial score (nSPS) is 15.3. The first-order chi connectivity index (χ1) is 18.8. The number of carbonyl (C=O) groups is 3. The Kier molecular flexibility index (Phi) is 7.17. The van der Waals surface area contributed by atoms with Gasteiger partial charge in [0, 0.05) is 17.7 Å². The molecule has 0 aliphatic carbocycles. The van der Waals surface area contributed by atoms with Gasteiger partial charge in [-0.3, -0.25) is 19.3 Å². The van der Waals surface area contributed by atoms with Crippen molar-refractivity contribution >= 4 is 39.9 Å². The fourth-order valence-corrected chi connectivity index (χ4v) is 4.77. The highest BCUT2D eigenvalue weighted by Gasteiger charge is 2.34. The molecule has 0 saturated heterocycles. The van der Waals surface area contributed by atoms with E-state index in [0.29, 0.717) is 35.6 Å². The maximum absolute atomic E-state index is 14.2. The molecule has 0 fully saturated rings. The Morgan fingerprint density at radius 2 is 1.62 bits per heavy atom. The minimum absolute atomic E-state index is 0.0736. The predicted octanol–water partition coefficient (Wildman–Crippen LogP) is 5.28. The van der Waals surface area contributed by atoms with Crippen molar-refractivity contribution in [2.75, 3.05) is 23.3 Å². The van der Waals surface area contributed by atoms with Gasteiger partial charge in [-0.1, -0.05) is 74.5 Å². The lowest BCUT2D eigenvalue weighted by Crippen LogP contribution is -2.38. The van der Waals surface area contributed by atoms with Crippen LogP contribution in [0, 0.1) is 5.41 Å². The highest BCUT2D eigenvalue weighted by Crippen LogP contribution is 2.40. The van der Waals surface area contributed by atoms with Crippen molar-refractivity contribution in [2.24, 2.45) is 11.1 Å². The van der Waals surface area contributed by atoms with Crippen LogP contribution in [0.5, 0.6) is 0 Å². The molecule has 0 radical (unpaired) electrons. The van der Waals surface area contributed by atoms with Gasteiger partial charge in [0.2, 0.25) is 5.91 Å². The van der Waals surface area contributed by atoms with E-state index < -0.39 is 6.04 Å². The zero-order valence-electron chi connectivity index (χ0n) is 22.1. The van der Waals surface area contributed by atoms with Crippen molar-refractivity contribution in [1.29, 1.82) is 0 Å². The van der Waals surface area contributed by atoms with Crippen LogP contribution in [-0.2, 0) is 4.79 Å². The van der Waals surface area contributed by atoms with Crippen LogP contribution >= 0.6 is 0 Å². The highest BCUT2D eigenvalue weighted by molar-refractivity contribution is 6.13.